The van der Waals surface area contributed by atoms with Crippen molar-refractivity contribution in [1.29, 1.82) is 0 Å². The Hall–Kier alpha value is -1.42. The smallest absolute Gasteiger partial charge is 0.230 e. The quantitative estimate of drug-likeness (QED) is 0.857. The second-order valence-electron chi connectivity index (χ2n) is 7.81. The molecule has 124 valence electrons. The molecule has 0 aromatic carbocycles. The Morgan fingerprint density at radius 2 is 2.13 bits per heavy atom. The van der Waals surface area contributed by atoms with Gasteiger partial charge in [-0.1, -0.05) is 6.07 Å². The molecule has 1 amide bonds. The minimum Gasteiger partial charge on any atom is -0.336 e. The van der Waals surface area contributed by atoms with E-state index in [9.17, 15) is 4.79 Å². The number of rotatable bonds is 4. The number of aromatic nitrogens is 1. The Balaban J connectivity index is 1.43. The molecular formula is C19H27N3O. The van der Waals surface area contributed by atoms with Gasteiger partial charge in [-0.3, -0.25) is 9.78 Å². The number of pyridine rings is 1. The molecule has 3 heterocycles. The molecule has 1 spiro atoms. The average molecular weight is 313 g/mol. The fourth-order valence-corrected chi connectivity index (χ4v) is 4.35. The van der Waals surface area contributed by atoms with Crippen LogP contribution in [0.5, 0.6) is 0 Å². The molecule has 4 rings (SSSR count). The average Bonchev–Trinajstić information content (AvgIpc) is 3.30. The van der Waals surface area contributed by atoms with Crippen LogP contribution in [-0.2, 0) is 11.3 Å². The highest BCUT2D eigenvalue weighted by Gasteiger charge is 2.49. The molecule has 1 aromatic rings. The van der Waals surface area contributed by atoms with Gasteiger partial charge in [0.1, 0.15) is 0 Å². The third-order valence-electron chi connectivity index (χ3n) is 5.77. The van der Waals surface area contributed by atoms with Crippen molar-refractivity contribution in [2.24, 2.45) is 11.3 Å². The normalized spacial score (nSPS) is 28.7. The van der Waals surface area contributed by atoms with E-state index >= 15 is 0 Å². The topological polar surface area (TPSA) is 36.4 Å². The SMILES string of the molecule is Cc1cccc(CN2CC[C@@]3(CCCN(CC4CC4)C3)C2=O)n1. The second-order valence-corrected chi connectivity index (χ2v) is 7.81. The zero-order chi connectivity index (χ0) is 15.9. The van der Waals surface area contributed by atoms with E-state index < -0.39 is 0 Å². The van der Waals surface area contributed by atoms with Gasteiger partial charge in [-0.05, 0) is 63.6 Å². The van der Waals surface area contributed by atoms with E-state index in [1.165, 1.54) is 32.4 Å². The lowest BCUT2D eigenvalue weighted by molar-refractivity contribution is -0.139. The summed E-state index contributed by atoms with van der Waals surface area (Å²) >= 11 is 0. The van der Waals surface area contributed by atoms with Gasteiger partial charge in [0.2, 0.25) is 5.91 Å². The van der Waals surface area contributed by atoms with Crippen LogP contribution >= 0.6 is 0 Å². The van der Waals surface area contributed by atoms with Crippen LogP contribution < -0.4 is 0 Å². The van der Waals surface area contributed by atoms with Crippen LogP contribution in [0.2, 0.25) is 0 Å². The van der Waals surface area contributed by atoms with E-state index in [1.54, 1.807) is 0 Å². The summed E-state index contributed by atoms with van der Waals surface area (Å²) in [4.78, 5) is 22.3. The van der Waals surface area contributed by atoms with Crippen molar-refractivity contribution in [1.82, 2.24) is 14.8 Å². The summed E-state index contributed by atoms with van der Waals surface area (Å²) in [7, 11) is 0. The molecule has 4 heteroatoms. The highest BCUT2D eigenvalue weighted by atomic mass is 16.2. The third-order valence-corrected chi connectivity index (χ3v) is 5.77. The number of amides is 1. The molecule has 23 heavy (non-hydrogen) atoms. The molecule has 0 radical (unpaired) electrons. The number of carbonyl (C=O) groups excluding carboxylic acids is 1. The van der Waals surface area contributed by atoms with Gasteiger partial charge in [0.25, 0.3) is 0 Å². The minimum atomic E-state index is -0.100. The van der Waals surface area contributed by atoms with Gasteiger partial charge in [0.05, 0.1) is 17.7 Å². The summed E-state index contributed by atoms with van der Waals surface area (Å²) in [5, 5.41) is 0. The van der Waals surface area contributed by atoms with Crippen molar-refractivity contribution in [2.45, 2.75) is 45.6 Å². The number of carbonyl (C=O) groups is 1. The second kappa shape index (κ2) is 5.90. The van der Waals surface area contributed by atoms with Crippen molar-refractivity contribution in [2.75, 3.05) is 26.2 Å². The molecular weight excluding hydrogens is 286 g/mol. The molecule has 1 aromatic heterocycles. The van der Waals surface area contributed by atoms with Gasteiger partial charge in [0, 0.05) is 25.3 Å². The summed E-state index contributed by atoms with van der Waals surface area (Å²) < 4.78 is 0. The molecule has 0 unspecified atom stereocenters. The Morgan fingerprint density at radius 1 is 1.26 bits per heavy atom. The van der Waals surface area contributed by atoms with Gasteiger partial charge >= 0.3 is 0 Å². The van der Waals surface area contributed by atoms with Crippen molar-refractivity contribution in [3.63, 3.8) is 0 Å². The Morgan fingerprint density at radius 3 is 2.91 bits per heavy atom. The fourth-order valence-electron chi connectivity index (χ4n) is 4.35. The molecule has 1 atom stereocenters. The number of nitrogens with zero attached hydrogens (tertiary/aromatic N) is 3. The summed E-state index contributed by atoms with van der Waals surface area (Å²) in [6.45, 7) is 6.96. The van der Waals surface area contributed by atoms with Gasteiger partial charge < -0.3 is 9.80 Å². The van der Waals surface area contributed by atoms with Crippen LogP contribution in [-0.4, -0.2) is 46.9 Å². The summed E-state index contributed by atoms with van der Waals surface area (Å²) in [5.74, 6) is 1.29. The Kier molecular flexibility index (Phi) is 3.88. The first kappa shape index (κ1) is 15.1. The Labute approximate surface area is 138 Å². The summed E-state index contributed by atoms with van der Waals surface area (Å²) in [6.07, 6.45) is 6.06. The van der Waals surface area contributed by atoms with Crippen LogP contribution in [0.3, 0.4) is 0 Å². The molecule has 1 aliphatic carbocycles. The summed E-state index contributed by atoms with van der Waals surface area (Å²) in [6, 6.07) is 6.07. The van der Waals surface area contributed by atoms with Crippen molar-refractivity contribution in [3.8, 4) is 0 Å². The van der Waals surface area contributed by atoms with E-state index in [0.29, 0.717) is 12.5 Å². The molecule has 0 bridgehead atoms. The van der Waals surface area contributed by atoms with Gasteiger partial charge in [-0.25, -0.2) is 0 Å². The predicted molar refractivity (Wildman–Crippen MR) is 89.8 cm³/mol. The van der Waals surface area contributed by atoms with Crippen LogP contribution in [0.1, 0.15) is 43.5 Å². The van der Waals surface area contributed by atoms with Crippen LogP contribution in [0.4, 0.5) is 0 Å². The first-order valence-corrected chi connectivity index (χ1v) is 9.09. The predicted octanol–water partition coefficient (Wildman–Crippen LogP) is 2.61. The molecule has 3 fully saturated rings. The zero-order valence-corrected chi connectivity index (χ0v) is 14.1. The fraction of sp³-hybridized carbons (Fsp3) is 0.684. The van der Waals surface area contributed by atoms with E-state index in [4.69, 9.17) is 0 Å². The highest BCUT2D eigenvalue weighted by molar-refractivity contribution is 5.85. The van der Waals surface area contributed by atoms with E-state index in [2.05, 4.69) is 9.88 Å². The molecule has 4 nitrogen and oxygen atoms in total. The maximum Gasteiger partial charge on any atom is 0.230 e. The maximum atomic E-state index is 13.1. The van der Waals surface area contributed by atoms with Crippen LogP contribution in [0.25, 0.3) is 0 Å². The van der Waals surface area contributed by atoms with Crippen molar-refractivity contribution < 1.29 is 4.79 Å². The lowest BCUT2D eigenvalue weighted by Gasteiger charge is -2.39. The molecule has 0 N–H and O–H groups in total. The lowest BCUT2D eigenvalue weighted by atomic mass is 9.78. The van der Waals surface area contributed by atoms with Gasteiger partial charge in [0.15, 0.2) is 0 Å². The largest absolute Gasteiger partial charge is 0.336 e. The number of aryl methyl sites for hydroxylation is 1. The number of piperidine rings is 1. The summed E-state index contributed by atoms with van der Waals surface area (Å²) in [5.41, 5.74) is 1.94. The molecule has 2 aliphatic heterocycles. The van der Waals surface area contributed by atoms with Gasteiger partial charge in [-0.15, -0.1) is 0 Å². The van der Waals surface area contributed by atoms with E-state index in [1.807, 2.05) is 30.0 Å². The highest BCUT2D eigenvalue weighted by Crippen LogP contribution is 2.41. The van der Waals surface area contributed by atoms with Crippen molar-refractivity contribution >= 4 is 5.91 Å². The first-order chi connectivity index (χ1) is 11.1. The van der Waals surface area contributed by atoms with Gasteiger partial charge in [-0.2, -0.15) is 0 Å². The standard InChI is InChI=1S/C19H27N3O/c1-15-4-2-5-17(20-15)13-22-11-9-19(18(22)23)8-3-10-21(14-19)12-16-6-7-16/h2,4-5,16H,3,6-14H2,1H3/t19-/m1/s1. The number of hydrogen-bond acceptors (Lipinski definition) is 3. The third kappa shape index (κ3) is 3.14. The van der Waals surface area contributed by atoms with E-state index in [0.717, 1.165) is 43.2 Å². The molecule has 1 saturated carbocycles. The number of hydrogen-bond donors (Lipinski definition) is 0. The molecule has 2 saturated heterocycles. The van der Waals surface area contributed by atoms with Crippen molar-refractivity contribution in [3.05, 3.63) is 29.6 Å². The number of likely N-dealkylation sites (tertiary alicyclic amines) is 2. The maximum absolute atomic E-state index is 13.1. The van der Waals surface area contributed by atoms with Crippen LogP contribution in [0.15, 0.2) is 18.2 Å². The minimum absolute atomic E-state index is 0.100. The Bertz CT molecular complexity index is 598. The zero-order valence-electron chi connectivity index (χ0n) is 14.1. The first-order valence-electron chi connectivity index (χ1n) is 9.09. The monoisotopic (exact) mass is 313 g/mol. The molecule has 3 aliphatic rings. The van der Waals surface area contributed by atoms with Crippen LogP contribution in [0, 0.1) is 18.3 Å². The lowest BCUT2D eigenvalue weighted by Crippen LogP contribution is -2.48. The van der Waals surface area contributed by atoms with E-state index in [-0.39, 0.29) is 5.41 Å².